The minimum absolute atomic E-state index is 0.345. The monoisotopic (exact) mass is 262 g/mol. The van der Waals surface area contributed by atoms with Crippen LogP contribution in [0.5, 0.6) is 0 Å². The summed E-state index contributed by atoms with van der Waals surface area (Å²) in [7, 11) is 0. The zero-order valence-electron chi connectivity index (χ0n) is 8.47. The van der Waals surface area contributed by atoms with E-state index in [9.17, 15) is 0 Å². The Morgan fingerprint density at radius 2 is 2.00 bits per heavy atom. The molecule has 0 aliphatic rings. The Morgan fingerprint density at radius 3 is 2.38 bits per heavy atom. The molecule has 0 radical (unpaired) electrons. The van der Waals surface area contributed by atoms with Gasteiger partial charge in [-0.05, 0) is 27.3 Å². The van der Waals surface area contributed by atoms with Crippen molar-refractivity contribution in [3.8, 4) is 0 Å². The highest BCUT2D eigenvalue weighted by molar-refractivity contribution is 9.11. The lowest BCUT2D eigenvalue weighted by atomic mass is 9.80. The van der Waals surface area contributed by atoms with Gasteiger partial charge in [0.05, 0.1) is 0 Å². The standard InChI is InChI=1S/C9H15BrN2S/c1-6(9(2,3)4)5-7-11-12-8(10)13-7/h6H,5H2,1-4H3. The highest BCUT2D eigenvalue weighted by atomic mass is 79.9. The Hall–Kier alpha value is 0.0400. The van der Waals surface area contributed by atoms with E-state index in [2.05, 4.69) is 53.8 Å². The molecular formula is C9H15BrN2S. The number of rotatable bonds is 2. The molecule has 0 amide bonds. The van der Waals surface area contributed by atoms with E-state index in [4.69, 9.17) is 0 Å². The van der Waals surface area contributed by atoms with E-state index in [1.165, 1.54) is 0 Å². The van der Waals surface area contributed by atoms with Crippen LogP contribution in [0.25, 0.3) is 0 Å². The molecule has 1 unspecified atom stereocenters. The van der Waals surface area contributed by atoms with Gasteiger partial charge in [0.2, 0.25) is 0 Å². The minimum Gasteiger partial charge on any atom is -0.143 e. The van der Waals surface area contributed by atoms with E-state index in [1.54, 1.807) is 11.3 Å². The molecule has 1 rings (SSSR count). The maximum atomic E-state index is 4.09. The van der Waals surface area contributed by atoms with Crippen LogP contribution in [0.1, 0.15) is 32.7 Å². The van der Waals surface area contributed by atoms with Crippen LogP contribution in [0.15, 0.2) is 3.92 Å². The van der Waals surface area contributed by atoms with Gasteiger partial charge in [0.25, 0.3) is 0 Å². The minimum atomic E-state index is 0.345. The largest absolute Gasteiger partial charge is 0.183 e. The third-order valence-corrected chi connectivity index (χ3v) is 3.78. The second-order valence-corrected chi connectivity index (χ2v) is 6.76. The lowest BCUT2D eigenvalue weighted by Gasteiger charge is -2.26. The quantitative estimate of drug-likeness (QED) is 0.815. The predicted octanol–water partition coefficient (Wildman–Crippen LogP) is 3.53. The Morgan fingerprint density at radius 1 is 1.38 bits per heavy atom. The van der Waals surface area contributed by atoms with Crippen molar-refractivity contribution in [2.24, 2.45) is 11.3 Å². The van der Waals surface area contributed by atoms with Gasteiger partial charge in [-0.15, -0.1) is 10.2 Å². The molecule has 0 bridgehead atoms. The zero-order chi connectivity index (χ0) is 10.1. The third kappa shape index (κ3) is 3.35. The molecule has 2 nitrogen and oxygen atoms in total. The molecule has 4 heteroatoms. The Kier molecular flexibility index (Phi) is 3.46. The van der Waals surface area contributed by atoms with Crippen molar-refractivity contribution in [2.75, 3.05) is 0 Å². The van der Waals surface area contributed by atoms with Crippen molar-refractivity contribution in [1.29, 1.82) is 0 Å². The molecule has 0 saturated heterocycles. The lowest BCUT2D eigenvalue weighted by molar-refractivity contribution is 0.259. The van der Waals surface area contributed by atoms with Crippen LogP contribution in [-0.2, 0) is 6.42 Å². The number of aromatic nitrogens is 2. The second kappa shape index (κ2) is 4.05. The maximum absolute atomic E-state index is 4.09. The van der Waals surface area contributed by atoms with Crippen molar-refractivity contribution in [2.45, 2.75) is 34.1 Å². The molecule has 0 saturated carbocycles. The molecule has 0 fully saturated rings. The summed E-state index contributed by atoms with van der Waals surface area (Å²) in [5.41, 5.74) is 0.345. The third-order valence-electron chi connectivity index (χ3n) is 2.40. The summed E-state index contributed by atoms with van der Waals surface area (Å²) in [4.78, 5) is 0. The fraction of sp³-hybridized carbons (Fsp3) is 0.778. The first-order valence-corrected chi connectivity index (χ1v) is 5.98. The first-order chi connectivity index (χ1) is 5.89. The summed E-state index contributed by atoms with van der Waals surface area (Å²) < 4.78 is 0.878. The fourth-order valence-electron chi connectivity index (χ4n) is 0.884. The summed E-state index contributed by atoms with van der Waals surface area (Å²) in [5.74, 6) is 0.632. The number of halogens is 1. The molecule has 0 aliphatic heterocycles. The van der Waals surface area contributed by atoms with Crippen LogP contribution in [0.2, 0.25) is 0 Å². The smallest absolute Gasteiger partial charge is 0.143 e. The van der Waals surface area contributed by atoms with Gasteiger partial charge in [0.1, 0.15) is 5.01 Å². The molecule has 13 heavy (non-hydrogen) atoms. The molecular weight excluding hydrogens is 248 g/mol. The second-order valence-electron chi connectivity index (χ2n) is 4.42. The normalized spacial score (nSPS) is 14.5. The van der Waals surface area contributed by atoms with Crippen LogP contribution < -0.4 is 0 Å². The molecule has 1 heterocycles. The zero-order valence-corrected chi connectivity index (χ0v) is 10.9. The van der Waals surface area contributed by atoms with Gasteiger partial charge in [0.15, 0.2) is 3.92 Å². The van der Waals surface area contributed by atoms with Gasteiger partial charge in [-0.2, -0.15) is 0 Å². The molecule has 0 aromatic carbocycles. The first-order valence-electron chi connectivity index (χ1n) is 4.37. The fourth-order valence-corrected chi connectivity index (χ4v) is 2.21. The van der Waals surface area contributed by atoms with Crippen molar-refractivity contribution in [3.63, 3.8) is 0 Å². The lowest BCUT2D eigenvalue weighted by Crippen LogP contribution is -2.19. The van der Waals surface area contributed by atoms with Gasteiger partial charge < -0.3 is 0 Å². The summed E-state index contributed by atoms with van der Waals surface area (Å²) >= 11 is 4.94. The summed E-state index contributed by atoms with van der Waals surface area (Å²) in [6, 6.07) is 0. The average Bonchev–Trinajstić information content (AvgIpc) is 2.33. The van der Waals surface area contributed by atoms with Crippen LogP contribution in [0.4, 0.5) is 0 Å². The molecule has 1 atom stereocenters. The highest BCUT2D eigenvalue weighted by Gasteiger charge is 2.21. The Labute approximate surface area is 91.9 Å². The van der Waals surface area contributed by atoms with Gasteiger partial charge in [-0.3, -0.25) is 0 Å². The molecule has 0 aliphatic carbocycles. The van der Waals surface area contributed by atoms with E-state index >= 15 is 0 Å². The first kappa shape index (κ1) is 11.1. The van der Waals surface area contributed by atoms with Crippen molar-refractivity contribution >= 4 is 27.3 Å². The number of nitrogens with zero attached hydrogens (tertiary/aromatic N) is 2. The van der Waals surface area contributed by atoms with E-state index in [0.717, 1.165) is 15.3 Å². The van der Waals surface area contributed by atoms with Gasteiger partial charge >= 0.3 is 0 Å². The van der Waals surface area contributed by atoms with Gasteiger partial charge in [-0.1, -0.05) is 39.0 Å². The maximum Gasteiger partial charge on any atom is 0.183 e. The van der Waals surface area contributed by atoms with E-state index in [1.807, 2.05) is 0 Å². The Bertz CT molecular complexity index is 277. The van der Waals surface area contributed by atoms with Crippen LogP contribution >= 0.6 is 27.3 Å². The van der Waals surface area contributed by atoms with Crippen LogP contribution in [-0.4, -0.2) is 10.2 Å². The summed E-state index contributed by atoms with van der Waals surface area (Å²) in [6.07, 6.45) is 1.02. The topological polar surface area (TPSA) is 25.8 Å². The Balaban J connectivity index is 2.60. The van der Waals surface area contributed by atoms with Crippen LogP contribution in [0, 0.1) is 11.3 Å². The molecule has 1 aromatic rings. The van der Waals surface area contributed by atoms with Crippen molar-refractivity contribution in [1.82, 2.24) is 10.2 Å². The molecule has 1 aromatic heterocycles. The summed E-state index contributed by atoms with van der Waals surface area (Å²) in [6.45, 7) is 9.03. The van der Waals surface area contributed by atoms with Gasteiger partial charge in [0, 0.05) is 6.42 Å². The average molecular weight is 263 g/mol. The number of hydrogen-bond donors (Lipinski definition) is 0. The SMILES string of the molecule is CC(Cc1nnc(Br)s1)C(C)(C)C. The number of hydrogen-bond acceptors (Lipinski definition) is 3. The predicted molar refractivity (Wildman–Crippen MR) is 59.9 cm³/mol. The molecule has 0 spiro atoms. The van der Waals surface area contributed by atoms with E-state index in [-0.39, 0.29) is 0 Å². The summed E-state index contributed by atoms with van der Waals surface area (Å²) in [5, 5.41) is 9.15. The molecule has 74 valence electrons. The van der Waals surface area contributed by atoms with Gasteiger partial charge in [-0.25, -0.2) is 0 Å². The van der Waals surface area contributed by atoms with Crippen LogP contribution in [0.3, 0.4) is 0 Å². The highest BCUT2D eigenvalue weighted by Crippen LogP contribution is 2.29. The van der Waals surface area contributed by atoms with E-state index < -0.39 is 0 Å². The van der Waals surface area contributed by atoms with Crippen molar-refractivity contribution in [3.05, 3.63) is 8.92 Å². The van der Waals surface area contributed by atoms with Crippen molar-refractivity contribution < 1.29 is 0 Å². The molecule has 0 N–H and O–H groups in total. The van der Waals surface area contributed by atoms with E-state index in [0.29, 0.717) is 11.3 Å².